The maximum absolute atomic E-state index is 11.9. The van der Waals surface area contributed by atoms with E-state index in [9.17, 15) is 4.79 Å². The first-order valence-corrected chi connectivity index (χ1v) is 6.76. The summed E-state index contributed by atoms with van der Waals surface area (Å²) in [7, 11) is 0. The molecule has 0 aliphatic carbocycles. The van der Waals surface area contributed by atoms with Crippen LogP contribution in [0.25, 0.3) is 10.8 Å². The molecule has 0 bridgehead atoms. The zero-order valence-corrected chi connectivity index (χ0v) is 12.1. The summed E-state index contributed by atoms with van der Waals surface area (Å²) in [5.41, 5.74) is 0.611. The Kier molecular flexibility index (Phi) is 4.18. The summed E-state index contributed by atoms with van der Waals surface area (Å²) in [6.45, 7) is 2.14. The molecule has 2 rings (SSSR count). The third-order valence-electron chi connectivity index (χ3n) is 2.85. The highest BCUT2D eigenvalue weighted by Gasteiger charge is 2.08. The van der Waals surface area contributed by atoms with E-state index in [4.69, 9.17) is 5.26 Å². The van der Waals surface area contributed by atoms with E-state index in [2.05, 4.69) is 27.3 Å². The number of benzene rings is 2. The second-order valence-electron chi connectivity index (χ2n) is 4.45. The van der Waals surface area contributed by atoms with Crippen molar-refractivity contribution in [1.29, 1.82) is 5.26 Å². The Morgan fingerprint density at radius 1 is 1.32 bits per heavy atom. The molecule has 1 amide bonds. The molecule has 19 heavy (non-hydrogen) atoms. The lowest BCUT2D eigenvalue weighted by molar-refractivity contribution is 0.0951. The van der Waals surface area contributed by atoms with Crippen LogP contribution < -0.4 is 5.32 Å². The lowest BCUT2D eigenvalue weighted by Crippen LogP contribution is -2.27. The van der Waals surface area contributed by atoms with Crippen LogP contribution in [0.4, 0.5) is 0 Å². The van der Waals surface area contributed by atoms with Gasteiger partial charge in [-0.2, -0.15) is 5.26 Å². The molecular formula is C15H13BrN2O. The predicted octanol–water partition coefficient (Wildman–Crippen LogP) is 3.49. The van der Waals surface area contributed by atoms with Crippen molar-refractivity contribution in [3.8, 4) is 6.07 Å². The summed E-state index contributed by atoms with van der Waals surface area (Å²) in [5, 5.41) is 13.5. The number of carbonyl (C=O) groups is 1. The fraction of sp³-hybridized carbons (Fsp3) is 0.200. The fourth-order valence-electron chi connectivity index (χ4n) is 1.75. The van der Waals surface area contributed by atoms with Gasteiger partial charge in [-0.25, -0.2) is 0 Å². The predicted molar refractivity (Wildman–Crippen MR) is 78.8 cm³/mol. The third kappa shape index (κ3) is 3.33. The van der Waals surface area contributed by atoms with E-state index in [0.29, 0.717) is 12.1 Å². The Hall–Kier alpha value is -1.86. The van der Waals surface area contributed by atoms with Gasteiger partial charge in [-0.05, 0) is 42.0 Å². The Balaban J connectivity index is 2.19. The van der Waals surface area contributed by atoms with Crippen LogP contribution in [0.2, 0.25) is 0 Å². The van der Waals surface area contributed by atoms with Crippen molar-refractivity contribution in [1.82, 2.24) is 5.32 Å². The first-order chi connectivity index (χ1) is 9.10. The highest BCUT2D eigenvalue weighted by Crippen LogP contribution is 2.20. The molecule has 0 aliphatic rings. The molecule has 3 nitrogen and oxygen atoms in total. The van der Waals surface area contributed by atoms with Crippen LogP contribution in [0.15, 0.2) is 40.9 Å². The van der Waals surface area contributed by atoms with Crippen molar-refractivity contribution >= 4 is 32.6 Å². The zero-order valence-electron chi connectivity index (χ0n) is 10.5. The molecule has 0 aliphatic heterocycles. The van der Waals surface area contributed by atoms with Crippen LogP contribution in [0.5, 0.6) is 0 Å². The van der Waals surface area contributed by atoms with Crippen LogP contribution in [0.3, 0.4) is 0 Å². The molecule has 0 saturated heterocycles. The summed E-state index contributed by atoms with van der Waals surface area (Å²) in [4.78, 5) is 11.9. The average molecular weight is 317 g/mol. The average Bonchev–Trinajstić information content (AvgIpc) is 2.43. The van der Waals surface area contributed by atoms with Crippen molar-refractivity contribution in [2.45, 2.75) is 6.92 Å². The number of rotatable bonds is 3. The number of amides is 1. The van der Waals surface area contributed by atoms with Crippen LogP contribution in [-0.2, 0) is 0 Å². The van der Waals surface area contributed by atoms with E-state index < -0.39 is 0 Å². The van der Waals surface area contributed by atoms with Gasteiger partial charge in [0.25, 0.3) is 5.91 Å². The minimum absolute atomic E-state index is 0.146. The number of fused-ring (bicyclic) bond motifs is 1. The molecule has 1 unspecified atom stereocenters. The Bertz CT molecular complexity index is 661. The quantitative estimate of drug-likeness (QED) is 0.942. The van der Waals surface area contributed by atoms with Gasteiger partial charge in [0.1, 0.15) is 0 Å². The molecule has 1 atom stereocenters. The van der Waals surface area contributed by atoms with Gasteiger partial charge >= 0.3 is 0 Å². The summed E-state index contributed by atoms with van der Waals surface area (Å²) in [6.07, 6.45) is 0. The molecule has 0 heterocycles. The molecule has 0 spiro atoms. The summed E-state index contributed by atoms with van der Waals surface area (Å²) >= 11 is 3.42. The van der Waals surface area contributed by atoms with E-state index >= 15 is 0 Å². The van der Waals surface area contributed by atoms with E-state index in [1.807, 2.05) is 30.3 Å². The third-order valence-corrected chi connectivity index (χ3v) is 3.35. The van der Waals surface area contributed by atoms with Gasteiger partial charge in [0.2, 0.25) is 0 Å². The minimum Gasteiger partial charge on any atom is -0.351 e. The number of nitriles is 1. The molecule has 96 valence electrons. The number of carbonyl (C=O) groups excluding carboxylic acids is 1. The van der Waals surface area contributed by atoms with Crippen molar-refractivity contribution < 1.29 is 4.79 Å². The fourth-order valence-corrected chi connectivity index (χ4v) is 2.13. The smallest absolute Gasteiger partial charge is 0.251 e. The van der Waals surface area contributed by atoms with Crippen LogP contribution >= 0.6 is 15.9 Å². The minimum atomic E-state index is -0.180. The lowest BCUT2D eigenvalue weighted by atomic mass is 10.1. The van der Waals surface area contributed by atoms with Gasteiger partial charge in [-0.3, -0.25) is 4.79 Å². The molecule has 1 N–H and O–H groups in total. The number of halogens is 1. The Labute approximate surface area is 120 Å². The second-order valence-corrected chi connectivity index (χ2v) is 5.36. The van der Waals surface area contributed by atoms with Gasteiger partial charge in [-0.1, -0.05) is 28.1 Å². The molecule has 0 saturated carbocycles. The van der Waals surface area contributed by atoms with E-state index in [0.717, 1.165) is 15.2 Å². The molecule has 2 aromatic carbocycles. The summed E-state index contributed by atoms with van der Waals surface area (Å²) in [5.74, 6) is -0.327. The van der Waals surface area contributed by atoms with E-state index in [1.165, 1.54) is 0 Å². The van der Waals surface area contributed by atoms with Crippen molar-refractivity contribution in [2.75, 3.05) is 6.54 Å². The van der Waals surface area contributed by atoms with Crippen LogP contribution in [0.1, 0.15) is 17.3 Å². The summed E-state index contributed by atoms with van der Waals surface area (Å²) < 4.78 is 1.01. The Morgan fingerprint density at radius 2 is 2.00 bits per heavy atom. The number of nitrogens with one attached hydrogen (secondary N) is 1. The topological polar surface area (TPSA) is 52.9 Å². The molecule has 2 aromatic rings. The largest absolute Gasteiger partial charge is 0.351 e. The van der Waals surface area contributed by atoms with Gasteiger partial charge in [0.15, 0.2) is 0 Å². The van der Waals surface area contributed by atoms with Crippen LogP contribution in [-0.4, -0.2) is 12.5 Å². The maximum atomic E-state index is 11.9. The molecule has 0 radical (unpaired) electrons. The van der Waals surface area contributed by atoms with Crippen LogP contribution in [0, 0.1) is 17.2 Å². The van der Waals surface area contributed by atoms with Gasteiger partial charge < -0.3 is 5.32 Å². The van der Waals surface area contributed by atoms with Gasteiger partial charge in [-0.15, -0.1) is 0 Å². The molecular weight excluding hydrogens is 304 g/mol. The van der Waals surface area contributed by atoms with Crippen molar-refractivity contribution in [2.24, 2.45) is 5.92 Å². The van der Waals surface area contributed by atoms with Gasteiger partial charge in [0, 0.05) is 16.6 Å². The van der Waals surface area contributed by atoms with Crippen molar-refractivity contribution in [3.63, 3.8) is 0 Å². The van der Waals surface area contributed by atoms with E-state index in [1.54, 1.807) is 13.0 Å². The number of hydrogen-bond acceptors (Lipinski definition) is 2. The normalized spacial score (nSPS) is 11.8. The Morgan fingerprint density at radius 3 is 2.74 bits per heavy atom. The van der Waals surface area contributed by atoms with E-state index in [-0.39, 0.29) is 11.8 Å². The summed E-state index contributed by atoms with van der Waals surface area (Å²) in [6, 6.07) is 13.6. The first-order valence-electron chi connectivity index (χ1n) is 5.97. The van der Waals surface area contributed by atoms with Gasteiger partial charge in [0.05, 0.1) is 12.0 Å². The molecule has 0 fully saturated rings. The monoisotopic (exact) mass is 316 g/mol. The second kappa shape index (κ2) is 5.85. The SMILES string of the molecule is CC(C#N)CNC(=O)c1ccc2cc(Br)ccc2c1. The number of nitrogens with zero attached hydrogens (tertiary/aromatic N) is 1. The van der Waals surface area contributed by atoms with Crippen molar-refractivity contribution in [3.05, 3.63) is 46.4 Å². The molecule has 4 heteroatoms. The number of hydrogen-bond donors (Lipinski definition) is 1. The standard InChI is InChI=1S/C15H13BrN2O/c1-10(8-17)9-18-15(19)13-3-2-12-7-14(16)5-4-11(12)6-13/h2-7,10H,9H2,1H3,(H,18,19). The zero-order chi connectivity index (χ0) is 13.8. The highest BCUT2D eigenvalue weighted by molar-refractivity contribution is 9.10. The highest BCUT2D eigenvalue weighted by atomic mass is 79.9. The maximum Gasteiger partial charge on any atom is 0.251 e. The first kappa shape index (κ1) is 13.6. The lowest BCUT2D eigenvalue weighted by Gasteiger charge is -2.07. The molecule has 0 aromatic heterocycles.